The van der Waals surface area contributed by atoms with Gasteiger partial charge in [0.1, 0.15) is 0 Å². The Morgan fingerprint density at radius 3 is 1.75 bits per heavy atom. The van der Waals surface area contributed by atoms with Crippen molar-refractivity contribution in [3.8, 4) is 28.2 Å². The van der Waals surface area contributed by atoms with E-state index in [0.717, 1.165) is 27.9 Å². The molecule has 3 heterocycles. The maximum absolute atomic E-state index is 5.36. The van der Waals surface area contributed by atoms with Crippen LogP contribution < -0.4 is 0 Å². The number of nitrogens with zero attached hydrogens (tertiary/aromatic N) is 2. The van der Waals surface area contributed by atoms with Gasteiger partial charge < -0.3 is 4.57 Å². The van der Waals surface area contributed by atoms with Crippen molar-refractivity contribution < 1.29 is 0 Å². The van der Waals surface area contributed by atoms with E-state index in [9.17, 15) is 0 Å². The Kier molecular flexibility index (Phi) is 5.29. The molecule has 0 N–H and O–H groups in total. The van der Waals surface area contributed by atoms with Gasteiger partial charge in [0.15, 0.2) is 0 Å². The molecule has 222 valence electrons. The minimum absolute atomic E-state index is 0.982. The molecule has 2 nitrogen and oxygen atoms in total. The molecule has 0 aliphatic rings. The van der Waals surface area contributed by atoms with Crippen LogP contribution in [0.5, 0.6) is 0 Å². The fourth-order valence-corrected chi connectivity index (χ4v) is 9.25. The average Bonchev–Trinajstić information content (AvgIpc) is 3.40. The Morgan fingerprint density at radius 2 is 1.04 bits per heavy atom. The monoisotopic (exact) mass is 626 g/mol. The standard InChI is InChI=1S/C45H26N2S/c1-2-10-29(11-3-1)45-31-15-5-4-12-30(31)26-35(46-45)33-22-25-36(34-17-7-6-16-32(33)34)47-37-23-20-27-13-8-18-39-41(27)43(37)44-38(47)24-21-28-14-9-19-40(48-39)42(28)44/h1-26H. The molecular weight excluding hydrogens is 601 g/mol. The third kappa shape index (κ3) is 3.54. The first kappa shape index (κ1) is 26.1. The molecule has 0 amide bonds. The highest BCUT2D eigenvalue weighted by atomic mass is 32.1. The first-order valence-corrected chi connectivity index (χ1v) is 17.2. The molecule has 0 saturated carbocycles. The maximum Gasteiger partial charge on any atom is 0.0787 e. The summed E-state index contributed by atoms with van der Waals surface area (Å²) in [5.41, 5.74) is 7.91. The molecule has 0 bridgehead atoms. The van der Waals surface area contributed by atoms with Crippen molar-refractivity contribution >= 4 is 85.6 Å². The van der Waals surface area contributed by atoms with E-state index in [1.54, 1.807) is 0 Å². The summed E-state index contributed by atoms with van der Waals surface area (Å²) in [7, 11) is 0. The Morgan fingerprint density at radius 1 is 0.438 bits per heavy atom. The number of pyridine rings is 1. The van der Waals surface area contributed by atoms with Gasteiger partial charge in [-0.3, -0.25) is 0 Å². The van der Waals surface area contributed by atoms with Crippen LogP contribution in [0.1, 0.15) is 0 Å². The summed E-state index contributed by atoms with van der Waals surface area (Å²) in [6, 6.07) is 57.5. The first-order valence-electron chi connectivity index (χ1n) is 16.4. The van der Waals surface area contributed by atoms with Gasteiger partial charge in [-0.05, 0) is 57.9 Å². The van der Waals surface area contributed by atoms with Crippen LogP contribution in [-0.2, 0) is 0 Å². The van der Waals surface area contributed by atoms with Crippen molar-refractivity contribution in [2.75, 3.05) is 0 Å². The number of fused-ring (bicyclic) bond motifs is 2. The predicted octanol–water partition coefficient (Wildman–Crippen LogP) is 12.8. The molecular formula is C45H26N2S. The Bertz CT molecular complexity index is 2950. The second-order valence-electron chi connectivity index (χ2n) is 12.7. The molecule has 11 rings (SSSR count). The normalized spacial score (nSPS) is 12.2. The van der Waals surface area contributed by atoms with Gasteiger partial charge in [0.25, 0.3) is 0 Å². The summed E-state index contributed by atoms with van der Waals surface area (Å²) < 4.78 is 5.14. The lowest BCUT2D eigenvalue weighted by molar-refractivity contribution is 1.20. The third-order valence-corrected chi connectivity index (χ3v) is 11.2. The lowest BCUT2D eigenvalue weighted by Gasteiger charge is -2.16. The van der Waals surface area contributed by atoms with Crippen LogP contribution in [0.3, 0.4) is 0 Å². The number of hydrogen-bond donors (Lipinski definition) is 0. The molecule has 3 aromatic heterocycles. The summed E-state index contributed by atoms with van der Waals surface area (Å²) in [6.45, 7) is 0. The predicted molar refractivity (Wildman–Crippen MR) is 206 cm³/mol. The van der Waals surface area contributed by atoms with E-state index in [0.29, 0.717) is 0 Å². The largest absolute Gasteiger partial charge is 0.309 e. The second kappa shape index (κ2) is 9.74. The summed E-state index contributed by atoms with van der Waals surface area (Å²) in [5, 5.41) is 12.7. The van der Waals surface area contributed by atoms with E-state index in [1.165, 1.54) is 74.6 Å². The van der Waals surface area contributed by atoms with Gasteiger partial charge in [-0.25, -0.2) is 4.98 Å². The molecule has 0 radical (unpaired) electrons. The van der Waals surface area contributed by atoms with Gasteiger partial charge >= 0.3 is 0 Å². The molecule has 11 aromatic rings. The zero-order chi connectivity index (χ0) is 31.3. The Balaban J connectivity index is 1.24. The molecule has 0 atom stereocenters. The van der Waals surface area contributed by atoms with Gasteiger partial charge in [0, 0.05) is 52.8 Å². The van der Waals surface area contributed by atoms with E-state index < -0.39 is 0 Å². The van der Waals surface area contributed by atoms with E-state index >= 15 is 0 Å². The average molecular weight is 627 g/mol. The number of aromatic nitrogens is 2. The van der Waals surface area contributed by atoms with Crippen LogP contribution in [0.25, 0.3) is 102 Å². The first-order chi connectivity index (χ1) is 23.8. The van der Waals surface area contributed by atoms with Crippen molar-refractivity contribution in [2.24, 2.45) is 0 Å². The van der Waals surface area contributed by atoms with Gasteiger partial charge in [-0.2, -0.15) is 0 Å². The minimum Gasteiger partial charge on any atom is -0.309 e. The molecule has 3 heteroatoms. The maximum atomic E-state index is 5.36. The van der Waals surface area contributed by atoms with Crippen LogP contribution in [-0.4, -0.2) is 9.55 Å². The van der Waals surface area contributed by atoms with E-state index in [4.69, 9.17) is 4.98 Å². The Labute approximate surface area is 280 Å². The second-order valence-corrected chi connectivity index (χ2v) is 13.8. The van der Waals surface area contributed by atoms with Gasteiger partial charge in [0.2, 0.25) is 0 Å². The topological polar surface area (TPSA) is 17.8 Å². The van der Waals surface area contributed by atoms with Crippen LogP contribution >= 0.6 is 11.3 Å². The van der Waals surface area contributed by atoms with Crippen LogP contribution in [0.2, 0.25) is 0 Å². The molecule has 0 aliphatic carbocycles. The van der Waals surface area contributed by atoms with E-state index in [1.807, 2.05) is 11.3 Å². The quantitative estimate of drug-likeness (QED) is 0.191. The summed E-state index contributed by atoms with van der Waals surface area (Å²) >= 11 is 1.90. The zero-order valence-electron chi connectivity index (χ0n) is 25.8. The Hall–Kier alpha value is -6.03. The fourth-order valence-electron chi connectivity index (χ4n) is 8.08. The summed E-state index contributed by atoms with van der Waals surface area (Å²) in [6.07, 6.45) is 0. The SMILES string of the molecule is c1ccc(-c2nc(-c3ccc(-n4c5ccc6cccc7sc8cccc9ccc4c(c98)c5c67)c4ccccc34)cc3ccccc23)cc1. The fraction of sp³-hybridized carbons (Fsp3) is 0. The zero-order valence-corrected chi connectivity index (χ0v) is 26.6. The lowest BCUT2D eigenvalue weighted by atomic mass is 9.97. The molecule has 0 spiro atoms. The summed E-state index contributed by atoms with van der Waals surface area (Å²) in [5.74, 6) is 0. The van der Waals surface area contributed by atoms with Crippen LogP contribution in [0.4, 0.5) is 0 Å². The smallest absolute Gasteiger partial charge is 0.0787 e. The molecule has 8 aromatic carbocycles. The van der Waals surface area contributed by atoms with E-state index in [-0.39, 0.29) is 0 Å². The van der Waals surface area contributed by atoms with Gasteiger partial charge in [-0.15, -0.1) is 11.3 Å². The highest BCUT2D eigenvalue weighted by Gasteiger charge is 2.22. The van der Waals surface area contributed by atoms with Gasteiger partial charge in [-0.1, -0.05) is 121 Å². The molecule has 0 aliphatic heterocycles. The highest BCUT2D eigenvalue weighted by molar-refractivity contribution is 7.24. The molecule has 48 heavy (non-hydrogen) atoms. The summed E-state index contributed by atoms with van der Waals surface area (Å²) in [4.78, 5) is 5.36. The lowest BCUT2D eigenvalue weighted by Crippen LogP contribution is -1.97. The van der Waals surface area contributed by atoms with Crippen molar-refractivity contribution in [3.63, 3.8) is 0 Å². The van der Waals surface area contributed by atoms with E-state index in [2.05, 4.69) is 162 Å². The van der Waals surface area contributed by atoms with Crippen molar-refractivity contribution in [1.82, 2.24) is 9.55 Å². The van der Waals surface area contributed by atoms with Gasteiger partial charge in [0.05, 0.1) is 28.1 Å². The third-order valence-electron chi connectivity index (χ3n) is 10.1. The molecule has 0 saturated heterocycles. The molecule has 0 unspecified atom stereocenters. The van der Waals surface area contributed by atoms with Crippen molar-refractivity contribution in [1.29, 1.82) is 0 Å². The number of benzene rings is 8. The van der Waals surface area contributed by atoms with Crippen molar-refractivity contribution in [2.45, 2.75) is 0 Å². The minimum atomic E-state index is 0.982. The number of rotatable bonds is 3. The van der Waals surface area contributed by atoms with Crippen LogP contribution in [0.15, 0.2) is 158 Å². The number of hydrogen-bond acceptors (Lipinski definition) is 2. The van der Waals surface area contributed by atoms with Crippen LogP contribution in [0, 0.1) is 0 Å². The highest BCUT2D eigenvalue weighted by Crippen LogP contribution is 2.47. The molecule has 0 fully saturated rings. The van der Waals surface area contributed by atoms with Crippen molar-refractivity contribution in [3.05, 3.63) is 158 Å².